The maximum absolute atomic E-state index is 9.40. The fraction of sp³-hybridized carbons (Fsp3) is 0.429. The molecule has 1 atom stereocenters. The molecule has 4 nitrogen and oxygen atoms in total. The molecule has 0 spiro atoms. The van der Waals surface area contributed by atoms with E-state index in [0.29, 0.717) is 17.6 Å². The van der Waals surface area contributed by atoms with Gasteiger partial charge >= 0.3 is 0 Å². The fourth-order valence-electron chi connectivity index (χ4n) is 1.60. The summed E-state index contributed by atoms with van der Waals surface area (Å²) in [6, 6.07) is 7.08. The topological polar surface area (TPSA) is 59.2 Å². The molecule has 19 heavy (non-hydrogen) atoms. The zero-order valence-electron chi connectivity index (χ0n) is 11.2. The first-order valence-corrected chi connectivity index (χ1v) is 7.43. The molecule has 1 aromatic heterocycles. The minimum atomic E-state index is 0.254. The molecule has 1 heterocycles. The van der Waals surface area contributed by atoms with Crippen molar-refractivity contribution >= 4 is 11.8 Å². The van der Waals surface area contributed by atoms with Crippen LogP contribution in [-0.4, -0.2) is 20.5 Å². The van der Waals surface area contributed by atoms with Gasteiger partial charge in [-0.15, -0.1) is 0 Å². The lowest BCUT2D eigenvalue weighted by Gasteiger charge is -2.04. The van der Waals surface area contributed by atoms with Crippen LogP contribution in [0, 0.1) is 0 Å². The van der Waals surface area contributed by atoms with Crippen molar-refractivity contribution in [1.29, 1.82) is 0 Å². The predicted octanol–water partition coefficient (Wildman–Crippen LogP) is 3.40. The van der Waals surface area contributed by atoms with E-state index in [0.717, 1.165) is 23.6 Å². The Labute approximate surface area is 117 Å². The first-order valence-electron chi connectivity index (χ1n) is 6.38. The maximum Gasteiger partial charge on any atom is 0.231 e. The molecule has 0 aliphatic heterocycles. The van der Waals surface area contributed by atoms with Crippen molar-refractivity contribution in [3.05, 3.63) is 41.5 Å². The van der Waals surface area contributed by atoms with Crippen LogP contribution in [0.4, 0.5) is 0 Å². The molecule has 0 radical (unpaired) electrons. The number of phenolic OH excluding ortho intramolecular Hbond substituents is 1. The lowest BCUT2D eigenvalue weighted by atomic mass is 10.1. The molecule has 1 N–H and O–H groups in total. The SMILES string of the molecule is CCC(C)SCc1noc(Cc2cccc(O)c2)n1. The van der Waals surface area contributed by atoms with E-state index >= 15 is 0 Å². The van der Waals surface area contributed by atoms with Crippen molar-refractivity contribution in [2.45, 2.75) is 37.7 Å². The van der Waals surface area contributed by atoms with E-state index in [1.165, 1.54) is 0 Å². The Hall–Kier alpha value is -1.49. The predicted molar refractivity (Wildman–Crippen MR) is 76.3 cm³/mol. The van der Waals surface area contributed by atoms with Crippen LogP contribution in [0.1, 0.15) is 37.5 Å². The highest BCUT2D eigenvalue weighted by atomic mass is 32.2. The molecule has 0 aliphatic rings. The van der Waals surface area contributed by atoms with Crippen LogP contribution in [0.25, 0.3) is 0 Å². The average molecular weight is 278 g/mol. The number of thioether (sulfide) groups is 1. The van der Waals surface area contributed by atoms with E-state index in [9.17, 15) is 5.11 Å². The van der Waals surface area contributed by atoms with Gasteiger partial charge in [0.05, 0.1) is 12.2 Å². The first kappa shape index (κ1) is 13.9. The van der Waals surface area contributed by atoms with E-state index in [1.54, 1.807) is 18.2 Å². The second-order valence-corrected chi connectivity index (χ2v) is 5.91. The zero-order valence-corrected chi connectivity index (χ0v) is 12.0. The molecular weight excluding hydrogens is 260 g/mol. The van der Waals surface area contributed by atoms with Crippen molar-refractivity contribution in [2.24, 2.45) is 0 Å². The number of hydrogen-bond acceptors (Lipinski definition) is 5. The first-order chi connectivity index (χ1) is 9.17. The van der Waals surface area contributed by atoms with Gasteiger partial charge in [0.2, 0.25) is 5.89 Å². The van der Waals surface area contributed by atoms with Gasteiger partial charge < -0.3 is 9.63 Å². The normalized spacial score (nSPS) is 12.5. The lowest BCUT2D eigenvalue weighted by Crippen LogP contribution is -1.95. The number of aromatic nitrogens is 2. The molecule has 0 aliphatic carbocycles. The van der Waals surface area contributed by atoms with E-state index in [-0.39, 0.29) is 5.75 Å². The smallest absolute Gasteiger partial charge is 0.231 e. The Morgan fingerprint density at radius 1 is 1.42 bits per heavy atom. The van der Waals surface area contributed by atoms with Crippen molar-refractivity contribution in [3.63, 3.8) is 0 Å². The molecule has 1 unspecified atom stereocenters. The Morgan fingerprint density at radius 2 is 2.26 bits per heavy atom. The van der Waals surface area contributed by atoms with Crippen LogP contribution in [0.15, 0.2) is 28.8 Å². The average Bonchev–Trinajstić information content (AvgIpc) is 2.83. The summed E-state index contributed by atoms with van der Waals surface area (Å²) >= 11 is 1.83. The van der Waals surface area contributed by atoms with Gasteiger partial charge in [0.25, 0.3) is 0 Å². The molecule has 5 heteroatoms. The summed E-state index contributed by atoms with van der Waals surface area (Å²) in [5.74, 6) is 2.36. The van der Waals surface area contributed by atoms with Crippen LogP contribution < -0.4 is 0 Å². The van der Waals surface area contributed by atoms with Crippen molar-refractivity contribution in [2.75, 3.05) is 0 Å². The summed E-state index contributed by atoms with van der Waals surface area (Å²) < 4.78 is 5.22. The molecule has 0 fully saturated rings. The minimum absolute atomic E-state index is 0.254. The number of hydrogen-bond donors (Lipinski definition) is 1. The van der Waals surface area contributed by atoms with Gasteiger partial charge in [-0.1, -0.05) is 31.1 Å². The number of aromatic hydroxyl groups is 1. The van der Waals surface area contributed by atoms with Gasteiger partial charge in [-0.25, -0.2) is 0 Å². The van der Waals surface area contributed by atoms with Gasteiger partial charge in [0, 0.05) is 5.25 Å². The molecule has 0 saturated heterocycles. The lowest BCUT2D eigenvalue weighted by molar-refractivity contribution is 0.380. The molecule has 2 aromatic rings. The van der Waals surface area contributed by atoms with Crippen LogP contribution in [0.2, 0.25) is 0 Å². The van der Waals surface area contributed by atoms with Gasteiger partial charge in [-0.05, 0) is 24.1 Å². The van der Waals surface area contributed by atoms with Crippen molar-refractivity contribution in [1.82, 2.24) is 10.1 Å². The van der Waals surface area contributed by atoms with E-state index in [4.69, 9.17) is 4.52 Å². The molecule has 2 rings (SSSR count). The molecule has 0 bridgehead atoms. The highest BCUT2D eigenvalue weighted by Crippen LogP contribution is 2.19. The van der Waals surface area contributed by atoms with E-state index < -0.39 is 0 Å². The van der Waals surface area contributed by atoms with Crippen molar-refractivity contribution < 1.29 is 9.63 Å². The third-order valence-electron chi connectivity index (χ3n) is 2.85. The second kappa shape index (κ2) is 6.61. The minimum Gasteiger partial charge on any atom is -0.508 e. The summed E-state index contributed by atoms with van der Waals surface area (Å²) in [6.07, 6.45) is 1.69. The molecule has 0 saturated carbocycles. The third kappa shape index (κ3) is 4.28. The number of phenols is 1. The van der Waals surface area contributed by atoms with Gasteiger partial charge in [0.15, 0.2) is 5.82 Å². The summed E-state index contributed by atoms with van der Waals surface area (Å²) in [4.78, 5) is 4.36. The fourth-order valence-corrected chi connectivity index (χ4v) is 2.38. The Balaban J connectivity index is 1.94. The standard InChI is InChI=1S/C14H18N2O2S/c1-3-10(2)19-9-13-15-14(18-16-13)8-11-5-4-6-12(17)7-11/h4-7,10,17H,3,8-9H2,1-2H3. The van der Waals surface area contributed by atoms with Gasteiger partial charge in [-0.2, -0.15) is 16.7 Å². The summed E-state index contributed by atoms with van der Waals surface area (Å²) in [5, 5.41) is 14.0. The van der Waals surface area contributed by atoms with Crippen LogP contribution in [-0.2, 0) is 12.2 Å². The third-order valence-corrected chi connectivity index (χ3v) is 4.18. The largest absolute Gasteiger partial charge is 0.508 e. The number of nitrogens with zero attached hydrogens (tertiary/aromatic N) is 2. The molecule has 1 aromatic carbocycles. The summed E-state index contributed by atoms with van der Waals surface area (Å²) in [7, 11) is 0. The van der Waals surface area contributed by atoms with Gasteiger partial charge in [-0.3, -0.25) is 0 Å². The highest BCUT2D eigenvalue weighted by molar-refractivity contribution is 7.99. The van der Waals surface area contributed by atoms with Crippen LogP contribution in [0.5, 0.6) is 5.75 Å². The van der Waals surface area contributed by atoms with Crippen LogP contribution >= 0.6 is 11.8 Å². The summed E-state index contributed by atoms with van der Waals surface area (Å²) in [6.45, 7) is 4.36. The molecular formula is C14H18N2O2S. The van der Waals surface area contributed by atoms with Gasteiger partial charge in [0.1, 0.15) is 5.75 Å². The zero-order chi connectivity index (χ0) is 13.7. The summed E-state index contributed by atoms with van der Waals surface area (Å²) in [5.41, 5.74) is 0.963. The number of benzene rings is 1. The number of rotatable bonds is 6. The Kier molecular flexibility index (Phi) is 4.85. The molecule has 0 amide bonds. The Bertz CT molecular complexity index is 528. The quantitative estimate of drug-likeness (QED) is 0.877. The maximum atomic E-state index is 9.40. The van der Waals surface area contributed by atoms with Crippen LogP contribution in [0.3, 0.4) is 0 Å². The second-order valence-electron chi connectivity index (χ2n) is 4.48. The monoisotopic (exact) mass is 278 g/mol. The van der Waals surface area contributed by atoms with E-state index in [1.807, 2.05) is 17.8 Å². The highest BCUT2D eigenvalue weighted by Gasteiger charge is 2.09. The van der Waals surface area contributed by atoms with Crippen molar-refractivity contribution in [3.8, 4) is 5.75 Å². The molecule has 102 valence electrons. The Morgan fingerprint density at radius 3 is 3.00 bits per heavy atom. The van der Waals surface area contributed by atoms with E-state index in [2.05, 4.69) is 24.0 Å².